The highest BCUT2D eigenvalue weighted by Crippen LogP contribution is 2.23. The third kappa shape index (κ3) is 4.81. The van der Waals surface area contributed by atoms with E-state index in [0.29, 0.717) is 11.1 Å². The molecule has 2 aromatic heterocycles. The number of sulfonamides is 1. The van der Waals surface area contributed by atoms with E-state index in [1.54, 1.807) is 36.7 Å². The summed E-state index contributed by atoms with van der Waals surface area (Å²) >= 11 is 0. The van der Waals surface area contributed by atoms with E-state index in [1.165, 1.54) is 12.1 Å². The molecule has 2 aromatic carbocycles. The first-order valence-electron chi connectivity index (χ1n) is 10.00. The van der Waals surface area contributed by atoms with Gasteiger partial charge in [-0.15, -0.1) is 0 Å². The molecule has 0 spiro atoms. The summed E-state index contributed by atoms with van der Waals surface area (Å²) in [5.41, 5.74) is 1.98. The first-order valence-corrected chi connectivity index (χ1v) is 11.4. The predicted octanol–water partition coefficient (Wildman–Crippen LogP) is 3.53. The number of hydrogen-bond acceptors (Lipinski definition) is 6. The Morgan fingerprint density at radius 1 is 1.06 bits per heavy atom. The highest BCUT2D eigenvalue weighted by Gasteiger charge is 2.27. The smallest absolute Gasteiger partial charge is 0.269 e. The van der Waals surface area contributed by atoms with Gasteiger partial charge >= 0.3 is 0 Å². The summed E-state index contributed by atoms with van der Waals surface area (Å²) in [4.78, 5) is 29.8. The van der Waals surface area contributed by atoms with Crippen molar-refractivity contribution in [3.8, 4) is 0 Å². The number of nitrogens with zero attached hydrogens (tertiary/aromatic N) is 3. The lowest BCUT2D eigenvalue weighted by Crippen LogP contribution is -2.32. The fourth-order valence-corrected chi connectivity index (χ4v) is 4.89. The van der Waals surface area contributed by atoms with Gasteiger partial charge in [0.25, 0.3) is 11.2 Å². The molecule has 0 unspecified atom stereocenters. The monoisotopic (exact) mass is 464 g/mol. The van der Waals surface area contributed by atoms with E-state index in [9.17, 15) is 23.3 Å². The molecule has 0 radical (unpaired) electrons. The average Bonchev–Trinajstić information content (AvgIpc) is 2.80. The zero-order valence-corrected chi connectivity index (χ0v) is 18.5. The summed E-state index contributed by atoms with van der Waals surface area (Å²) in [5, 5.41) is 11.7. The molecular weight excluding hydrogens is 444 g/mol. The Morgan fingerprint density at radius 3 is 2.48 bits per heavy atom. The zero-order chi connectivity index (χ0) is 23.6. The Kier molecular flexibility index (Phi) is 6.03. The maximum absolute atomic E-state index is 13.5. The van der Waals surface area contributed by atoms with Gasteiger partial charge in [-0.2, -0.15) is 4.31 Å². The van der Waals surface area contributed by atoms with Crippen LogP contribution in [0.1, 0.15) is 16.7 Å². The second kappa shape index (κ2) is 8.93. The fourth-order valence-electron chi connectivity index (χ4n) is 3.49. The summed E-state index contributed by atoms with van der Waals surface area (Å²) in [5.74, 6) is 0. The Labute approximate surface area is 189 Å². The third-order valence-electron chi connectivity index (χ3n) is 5.19. The van der Waals surface area contributed by atoms with E-state index in [2.05, 4.69) is 9.97 Å². The van der Waals surface area contributed by atoms with Crippen LogP contribution in [-0.2, 0) is 23.1 Å². The van der Waals surface area contributed by atoms with Gasteiger partial charge in [-0.3, -0.25) is 19.9 Å². The quantitative estimate of drug-likeness (QED) is 0.329. The van der Waals surface area contributed by atoms with E-state index < -0.39 is 14.9 Å². The van der Waals surface area contributed by atoms with Gasteiger partial charge in [0.05, 0.1) is 9.82 Å². The first-order chi connectivity index (χ1) is 15.7. The van der Waals surface area contributed by atoms with Crippen molar-refractivity contribution < 1.29 is 13.3 Å². The molecule has 0 atom stereocenters. The van der Waals surface area contributed by atoms with Gasteiger partial charge in [0.1, 0.15) is 0 Å². The number of nitro benzene ring substituents is 1. The van der Waals surface area contributed by atoms with E-state index in [-0.39, 0.29) is 34.8 Å². The number of hydrogen-bond donors (Lipinski definition) is 1. The van der Waals surface area contributed by atoms with Crippen LogP contribution in [-0.4, -0.2) is 27.6 Å². The van der Waals surface area contributed by atoms with Crippen LogP contribution in [0.15, 0.2) is 82.7 Å². The molecule has 168 valence electrons. The predicted molar refractivity (Wildman–Crippen MR) is 123 cm³/mol. The second-order valence-corrected chi connectivity index (χ2v) is 9.54. The molecule has 10 heteroatoms. The summed E-state index contributed by atoms with van der Waals surface area (Å²) in [6, 6.07) is 15.4. The van der Waals surface area contributed by atoms with Crippen LogP contribution in [0.2, 0.25) is 0 Å². The van der Waals surface area contributed by atoms with Gasteiger partial charge in [0.15, 0.2) is 0 Å². The summed E-state index contributed by atoms with van der Waals surface area (Å²) in [6.07, 6.45) is 3.13. The molecule has 0 bridgehead atoms. The van der Waals surface area contributed by atoms with Gasteiger partial charge in [-0.25, -0.2) is 8.42 Å². The molecule has 33 heavy (non-hydrogen) atoms. The highest BCUT2D eigenvalue weighted by molar-refractivity contribution is 7.89. The second-order valence-electron chi connectivity index (χ2n) is 7.60. The van der Waals surface area contributed by atoms with Crippen molar-refractivity contribution in [1.82, 2.24) is 14.3 Å². The molecule has 4 rings (SSSR count). The standard InChI is InChI=1S/C23H20N4O5S/c1-16-4-9-22-18(11-16)12-19(23(28)25-22)15-26(14-17-3-2-10-24-13-17)33(31,32)21-7-5-20(6-8-21)27(29)30/h2-13H,14-15H2,1H3,(H,25,28). The van der Waals surface area contributed by atoms with E-state index in [1.807, 2.05) is 19.1 Å². The first kappa shape index (κ1) is 22.3. The minimum absolute atomic E-state index is 0.0293. The molecule has 9 nitrogen and oxygen atoms in total. The SMILES string of the molecule is Cc1ccc2[nH]c(=O)c(CN(Cc3cccnc3)S(=O)(=O)c3ccc([N+](=O)[O-])cc3)cc2c1. The Balaban J connectivity index is 1.76. The number of non-ortho nitro benzene ring substituents is 1. The maximum atomic E-state index is 13.5. The lowest BCUT2D eigenvalue weighted by molar-refractivity contribution is -0.384. The fraction of sp³-hybridized carbons (Fsp3) is 0.130. The lowest BCUT2D eigenvalue weighted by atomic mass is 10.1. The van der Waals surface area contributed by atoms with Crippen LogP contribution in [0.25, 0.3) is 10.9 Å². The van der Waals surface area contributed by atoms with Crippen molar-refractivity contribution in [1.29, 1.82) is 0 Å². The minimum atomic E-state index is -4.09. The Hall–Kier alpha value is -3.89. The highest BCUT2D eigenvalue weighted by atomic mass is 32.2. The van der Waals surface area contributed by atoms with Crippen molar-refractivity contribution in [2.24, 2.45) is 0 Å². The zero-order valence-electron chi connectivity index (χ0n) is 17.6. The molecule has 0 aliphatic carbocycles. The molecule has 0 aliphatic heterocycles. The molecule has 2 heterocycles. The lowest BCUT2D eigenvalue weighted by Gasteiger charge is -2.22. The molecule has 4 aromatic rings. The molecule has 0 saturated heterocycles. The van der Waals surface area contributed by atoms with E-state index >= 15 is 0 Å². The van der Waals surface area contributed by atoms with Gasteiger partial charge in [-0.1, -0.05) is 17.7 Å². The van der Waals surface area contributed by atoms with Gasteiger partial charge in [0.2, 0.25) is 10.0 Å². The number of aromatic nitrogens is 2. The van der Waals surface area contributed by atoms with Crippen molar-refractivity contribution in [2.45, 2.75) is 24.9 Å². The molecular formula is C23H20N4O5S. The van der Waals surface area contributed by atoms with Crippen molar-refractivity contribution >= 4 is 26.6 Å². The molecule has 0 aliphatic rings. The Morgan fingerprint density at radius 2 is 1.82 bits per heavy atom. The average molecular weight is 465 g/mol. The number of aryl methyl sites for hydroxylation is 1. The van der Waals surface area contributed by atoms with Crippen LogP contribution in [0, 0.1) is 17.0 Å². The molecule has 0 saturated carbocycles. The number of aromatic amines is 1. The van der Waals surface area contributed by atoms with E-state index in [4.69, 9.17) is 0 Å². The van der Waals surface area contributed by atoms with Gasteiger partial charge < -0.3 is 4.98 Å². The van der Waals surface area contributed by atoms with Crippen LogP contribution < -0.4 is 5.56 Å². The Bertz CT molecular complexity index is 1480. The largest absolute Gasteiger partial charge is 0.322 e. The molecule has 0 amide bonds. The van der Waals surface area contributed by atoms with Crippen molar-refractivity contribution in [2.75, 3.05) is 0 Å². The number of fused-ring (bicyclic) bond motifs is 1. The van der Waals surface area contributed by atoms with Gasteiger partial charge in [-0.05, 0) is 54.3 Å². The third-order valence-corrected chi connectivity index (χ3v) is 7.00. The van der Waals surface area contributed by atoms with Crippen LogP contribution in [0.3, 0.4) is 0 Å². The number of pyridine rings is 2. The maximum Gasteiger partial charge on any atom is 0.269 e. The number of benzene rings is 2. The number of rotatable bonds is 7. The minimum Gasteiger partial charge on any atom is -0.322 e. The number of H-pyrrole nitrogens is 1. The summed E-state index contributed by atoms with van der Waals surface area (Å²) in [7, 11) is -4.09. The summed E-state index contributed by atoms with van der Waals surface area (Å²) < 4.78 is 28.1. The topological polar surface area (TPSA) is 126 Å². The van der Waals surface area contributed by atoms with Crippen LogP contribution in [0.4, 0.5) is 5.69 Å². The van der Waals surface area contributed by atoms with Crippen molar-refractivity contribution in [3.63, 3.8) is 0 Å². The van der Waals surface area contributed by atoms with Crippen LogP contribution in [0.5, 0.6) is 0 Å². The van der Waals surface area contributed by atoms with Gasteiger partial charge in [0, 0.05) is 48.7 Å². The van der Waals surface area contributed by atoms with Crippen LogP contribution >= 0.6 is 0 Å². The normalized spacial score (nSPS) is 11.7. The number of nitro groups is 1. The molecule has 0 fully saturated rings. The van der Waals surface area contributed by atoms with E-state index in [0.717, 1.165) is 27.4 Å². The number of nitrogens with one attached hydrogen (secondary N) is 1. The molecule has 1 N–H and O–H groups in total. The summed E-state index contributed by atoms with van der Waals surface area (Å²) in [6.45, 7) is 1.71. The van der Waals surface area contributed by atoms with Crippen molar-refractivity contribution in [3.05, 3.63) is 110 Å².